The number of carboxylic acids is 1. The van der Waals surface area contributed by atoms with E-state index in [-0.39, 0.29) is 19.3 Å². The minimum Gasteiger partial charge on any atom is -0.481 e. The highest BCUT2D eigenvalue weighted by Gasteiger charge is 2.45. The van der Waals surface area contributed by atoms with Crippen molar-refractivity contribution in [1.82, 2.24) is 0 Å². The van der Waals surface area contributed by atoms with Crippen molar-refractivity contribution in [1.29, 1.82) is 0 Å². The lowest BCUT2D eigenvalue weighted by atomic mass is 9.98. The van der Waals surface area contributed by atoms with Crippen molar-refractivity contribution in [3.63, 3.8) is 0 Å². The number of hydrogen-bond donors (Lipinski definition) is 7. The molecule has 1 saturated heterocycles. The molecule has 1 aliphatic rings. The first-order valence-corrected chi connectivity index (χ1v) is 19.7. The molecule has 0 aromatic rings. The zero-order valence-electron chi connectivity index (χ0n) is 32.6. The molecule has 0 spiro atoms. The van der Waals surface area contributed by atoms with E-state index < -0.39 is 117 Å². The number of aliphatic hydroxyl groups is 6. The second-order valence-corrected chi connectivity index (χ2v) is 14.4. The van der Waals surface area contributed by atoms with Gasteiger partial charge in [-0.15, -0.1) is 0 Å². The molecule has 0 aromatic heterocycles. The summed E-state index contributed by atoms with van der Waals surface area (Å²) in [4.78, 5) is 49.3. The van der Waals surface area contributed by atoms with Crippen LogP contribution in [0.3, 0.4) is 0 Å². The number of esters is 3. The van der Waals surface area contributed by atoms with Crippen LogP contribution in [-0.2, 0) is 42.9 Å². The van der Waals surface area contributed by atoms with Gasteiger partial charge in [0.15, 0.2) is 6.29 Å². The Morgan fingerprint density at radius 2 is 1.07 bits per heavy atom. The van der Waals surface area contributed by atoms with E-state index >= 15 is 0 Å². The van der Waals surface area contributed by atoms with Gasteiger partial charge in [-0.25, -0.2) is 0 Å². The van der Waals surface area contributed by atoms with Gasteiger partial charge >= 0.3 is 23.9 Å². The molecule has 16 nitrogen and oxygen atoms in total. The highest BCUT2D eigenvalue weighted by molar-refractivity contribution is 5.71. The SMILES string of the molecule is CCCCC[C@H](C[C@H](CC(=O)O[C@H](CCCCC)C[C@@H](O)CC(=O)O[C@H](CCCCC)C[C@@H](O)CC(=O)O)O[C@@H]1O[C@H](CO)[C@@H](O)[C@H](O)[C@@H]1O)OC(C)=O. The number of ether oxygens (including phenoxy) is 5. The number of carboxylic acid groups (broad SMARTS) is 1. The second kappa shape index (κ2) is 28.0. The van der Waals surface area contributed by atoms with E-state index in [0.29, 0.717) is 38.5 Å². The van der Waals surface area contributed by atoms with E-state index in [4.69, 9.17) is 28.8 Å². The average Bonchev–Trinajstić information content (AvgIpc) is 3.07. The van der Waals surface area contributed by atoms with E-state index in [1.54, 1.807) is 0 Å². The molecule has 1 aliphatic heterocycles. The Morgan fingerprint density at radius 1 is 0.611 bits per heavy atom. The summed E-state index contributed by atoms with van der Waals surface area (Å²) in [5.74, 6) is -3.21. The highest BCUT2D eigenvalue weighted by atomic mass is 16.7. The molecular formula is C38H68O16. The zero-order valence-corrected chi connectivity index (χ0v) is 32.6. The zero-order chi connectivity index (χ0) is 40.6. The van der Waals surface area contributed by atoms with Gasteiger partial charge in [0.05, 0.1) is 44.2 Å². The molecule has 16 heteroatoms. The van der Waals surface area contributed by atoms with Crippen molar-refractivity contribution in [2.45, 2.75) is 211 Å². The fourth-order valence-corrected chi connectivity index (χ4v) is 6.45. The summed E-state index contributed by atoms with van der Waals surface area (Å²) < 4.78 is 28.4. The van der Waals surface area contributed by atoms with Gasteiger partial charge in [0.25, 0.3) is 0 Å². The number of aliphatic hydroxyl groups excluding tert-OH is 6. The van der Waals surface area contributed by atoms with Crippen molar-refractivity contribution in [3.8, 4) is 0 Å². The fourth-order valence-electron chi connectivity index (χ4n) is 6.45. The largest absolute Gasteiger partial charge is 0.481 e. The standard InChI is InChI=1S/C38H68O16/c1-5-8-11-14-27(17-25(41)19-32(43)44)51-33(45)20-26(42)18-28(15-12-9-6-2)52-34(46)22-30(21-29(50-24(4)40)16-13-10-7-3)53-38-37(49)36(48)35(47)31(23-39)54-38/h25-31,35-39,41-42,47-49H,5-23H2,1-4H3,(H,43,44)/t25-,26-,27-,28-,29-,30-,31-,35-,36+,37+,38-/m1/s1. The Balaban J connectivity index is 3.10. The van der Waals surface area contributed by atoms with Crippen LogP contribution in [0.1, 0.15) is 143 Å². The molecule has 0 aliphatic carbocycles. The summed E-state index contributed by atoms with van der Waals surface area (Å²) in [7, 11) is 0. The van der Waals surface area contributed by atoms with E-state index in [1.165, 1.54) is 6.92 Å². The first-order chi connectivity index (χ1) is 25.6. The predicted molar refractivity (Wildman–Crippen MR) is 194 cm³/mol. The number of hydrogen-bond acceptors (Lipinski definition) is 15. The maximum Gasteiger partial charge on any atom is 0.308 e. The van der Waals surface area contributed by atoms with Crippen LogP contribution >= 0.6 is 0 Å². The fraction of sp³-hybridized carbons (Fsp3) is 0.895. The molecule has 11 atom stereocenters. The summed E-state index contributed by atoms with van der Waals surface area (Å²) in [6.45, 7) is 6.58. The van der Waals surface area contributed by atoms with Gasteiger partial charge < -0.3 is 59.4 Å². The number of unbranched alkanes of at least 4 members (excludes halogenated alkanes) is 6. The van der Waals surface area contributed by atoms with Gasteiger partial charge in [-0.3, -0.25) is 19.2 Å². The molecule has 316 valence electrons. The number of carbonyl (C=O) groups excluding carboxylic acids is 3. The summed E-state index contributed by atoms with van der Waals surface area (Å²) in [5, 5.41) is 70.9. The quantitative estimate of drug-likeness (QED) is 0.0314. The molecule has 7 N–H and O–H groups in total. The lowest BCUT2D eigenvalue weighted by Gasteiger charge is -2.41. The van der Waals surface area contributed by atoms with E-state index in [9.17, 15) is 49.8 Å². The molecule has 1 heterocycles. The summed E-state index contributed by atoms with van der Waals surface area (Å²) in [5.41, 5.74) is 0. The van der Waals surface area contributed by atoms with Crippen molar-refractivity contribution < 1.29 is 78.6 Å². The Bertz CT molecular complexity index is 1060. The lowest BCUT2D eigenvalue weighted by Crippen LogP contribution is -2.59. The van der Waals surface area contributed by atoms with Gasteiger partial charge in [0.2, 0.25) is 0 Å². The van der Waals surface area contributed by atoms with Crippen molar-refractivity contribution in [3.05, 3.63) is 0 Å². The van der Waals surface area contributed by atoms with Gasteiger partial charge in [-0.2, -0.15) is 0 Å². The Kier molecular flexibility index (Phi) is 25.7. The third-order valence-electron chi connectivity index (χ3n) is 9.30. The molecule has 0 unspecified atom stereocenters. The molecule has 1 rings (SSSR count). The van der Waals surface area contributed by atoms with Crippen molar-refractivity contribution in [2.75, 3.05) is 6.61 Å². The third kappa shape index (κ3) is 21.0. The Hall–Kier alpha value is -2.44. The molecule has 0 radical (unpaired) electrons. The van der Waals surface area contributed by atoms with Crippen molar-refractivity contribution >= 4 is 23.9 Å². The van der Waals surface area contributed by atoms with Gasteiger partial charge in [0.1, 0.15) is 42.7 Å². The van der Waals surface area contributed by atoms with Crippen LogP contribution in [-0.4, -0.2) is 134 Å². The van der Waals surface area contributed by atoms with Crippen LogP contribution in [0.2, 0.25) is 0 Å². The van der Waals surface area contributed by atoms with Crippen LogP contribution in [0.4, 0.5) is 0 Å². The summed E-state index contributed by atoms with van der Waals surface area (Å²) in [6, 6.07) is 0. The molecule has 54 heavy (non-hydrogen) atoms. The second-order valence-electron chi connectivity index (χ2n) is 14.4. The topological polar surface area (TPSA) is 256 Å². The number of rotatable bonds is 30. The van der Waals surface area contributed by atoms with E-state index in [1.807, 2.05) is 20.8 Å². The average molecular weight is 781 g/mol. The molecule has 0 amide bonds. The predicted octanol–water partition coefficient (Wildman–Crippen LogP) is 2.81. The highest BCUT2D eigenvalue weighted by Crippen LogP contribution is 2.27. The van der Waals surface area contributed by atoms with Gasteiger partial charge in [-0.1, -0.05) is 59.3 Å². The lowest BCUT2D eigenvalue weighted by molar-refractivity contribution is -0.312. The molecule has 0 saturated carbocycles. The normalized spacial score (nSPS) is 23.4. The minimum absolute atomic E-state index is 0.0109. The molecule has 1 fully saturated rings. The van der Waals surface area contributed by atoms with Crippen LogP contribution in [0.5, 0.6) is 0 Å². The number of aliphatic carboxylic acids is 1. The molecular weight excluding hydrogens is 712 g/mol. The summed E-state index contributed by atoms with van der Waals surface area (Å²) in [6.07, 6.45) is -6.64. The van der Waals surface area contributed by atoms with E-state index in [0.717, 1.165) is 38.5 Å². The van der Waals surface area contributed by atoms with Crippen LogP contribution in [0.15, 0.2) is 0 Å². The third-order valence-corrected chi connectivity index (χ3v) is 9.30. The van der Waals surface area contributed by atoms with Gasteiger partial charge in [-0.05, 0) is 38.5 Å². The van der Waals surface area contributed by atoms with Crippen LogP contribution in [0, 0.1) is 0 Å². The maximum atomic E-state index is 13.5. The molecule has 0 aromatic carbocycles. The van der Waals surface area contributed by atoms with E-state index in [2.05, 4.69) is 0 Å². The Labute approximate surface area is 319 Å². The first-order valence-electron chi connectivity index (χ1n) is 19.7. The maximum absolute atomic E-state index is 13.5. The van der Waals surface area contributed by atoms with Crippen LogP contribution in [0.25, 0.3) is 0 Å². The van der Waals surface area contributed by atoms with Crippen LogP contribution < -0.4 is 0 Å². The minimum atomic E-state index is -1.74. The van der Waals surface area contributed by atoms with Crippen molar-refractivity contribution in [2.24, 2.45) is 0 Å². The molecule has 0 bridgehead atoms. The van der Waals surface area contributed by atoms with Gasteiger partial charge in [0, 0.05) is 26.2 Å². The first kappa shape index (κ1) is 49.6. The smallest absolute Gasteiger partial charge is 0.308 e. The Morgan fingerprint density at radius 3 is 1.52 bits per heavy atom. The number of carbonyl (C=O) groups is 4. The monoisotopic (exact) mass is 780 g/mol. The summed E-state index contributed by atoms with van der Waals surface area (Å²) >= 11 is 0.